The Kier molecular flexibility index (Phi) is 9.98. The van der Waals surface area contributed by atoms with Crippen LogP contribution in [0.3, 0.4) is 0 Å². The van der Waals surface area contributed by atoms with Crippen LogP contribution >= 0.6 is 35.0 Å². The Hall–Kier alpha value is -4.50. The van der Waals surface area contributed by atoms with E-state index in [0.29, 0.717) is 69.3 Å². The van der Waals surface area contributed by atoms with Crippen molar-refractivity contribution in [1.82, 2.24) is 34.1 Å². The number of hydrogen-bond donors (Lipinski definition) is 3. The summed E-state index contributed by atoms with van der Waals surface area (Å²) < 4.78 is 2.75. The van der Waals surface area contributed by atoms with Gasteiger partial charge in [0.2, 0.25) is 0 Å². The summed E-state index contributed by atoms with van der Waals surface area (Å²) in [5.41, 5.74) is 15.2. The monoisotopic (exact) mass is 638 g/mol. The van der Waals surface area contributed by atoms with Crippen LogP contribution in [0.1, 0.15) is 35.4 Å². The molecule has 4 rings (SSSR count). The Bertz CT molecular complexity index is 1850. The number of halogens is 2. The standard InChI is InChI=1S/C27H28Cl2N12OS/c1-15-20(28)25-35-24(17(12-30)22(32)40(25)37-15)34-9-8-16(14-42)6-4-10-39(2)11-5-7-19-21(29)26-36-27(43-3)18(13-31)23(33)41(26)38-19/h4,6,10,14H,5,7-9,11,32-33H2,1-3H3,(H,34,35)/b10-4-,16-6-. The smallest absolute Gasteiger partial charge is 0.178 e. The molecule has 43 heavy (non-hydrogen) atoms. The van der Waals surface area contributed by atoms with Crippen LogP contribution in [0.4, 0.5) is 17.5 Å². The molecule has 222 valence electrons. The van der Waals surface area contributed by atoms with Gasteiger partial charge >= 0.3 is 0 Å². The van der Waals surface area contributed by atoms with Crippen molar-refractivity contribution in [3.05, 3.63) is 56.5 Å². The Morgan fingerprint density at radius 3 is 2.44 bits per heavy atom. The van der Waals surface area contributed by atoms with Gasteiger partial charge in [-0.25, -0.2) is 9.97 Å². The summed E-state index contributed by atoms with van der Waals surface area (Å²) in [5, 5.41) is 32.1. The van der Waals surface area contributed by atoms with Crippen molar-refractivity contribution < 1.29 is 4.79 Å². The summed E-state index contributed by atoms with van der Waals surface area (Å²) in [6.07, 6.45) is 9.68. The van der Waals surface area contributed by atoms with Crippen molar-refractivity contribution in [1.29, 1.82) is 10.5 Å². The number of aldehydes is 1. The number of rotatable bonds is 12. The maximum atomic E-state index is 11.6. The Labute approximate surface area is 261 Å². The molecule has 0 aliphatic heterocycles. The number of allylic oxidation sites excluding steroid dienone is 2. The maximum absolute atomic E-state index is 11.6. The van der Waals surface area contributed by atoms with Crippen LogP contribution in [-0.2, 0) is 11.2 Å². The number of nitrogens with one attached hydrogen (secondary N) is 1. The Balaban J connectivity index is 1.33. The van der Waals surface area contributed by atoms with E-state index in [1.165, 1.54) is 20.8 Å². The van der Waals surface area contributed by atoms with Gasteiger partial charge in [0.1, 0.15) is 62.1 Å². The highest BCUT2D eigenvalue weighted by Crippen LogP contribution is 2.30. The van der Waals surface area contributed by atoms with Gasteiger partial charge in [0.25, 0.3) is 0 Å². The molecule has 0 aliphatic carbocycles. The first kappa shape index (κ1) is 31.4. The molecule has 0 amide bonds. The van der Waals surface area contributed by atoms with E-state index >= 15 is 0 Å². The van der Waals surface area contributed by atoms with Crippen molar-refractivity contribution in [2.45, 2.75) is 31.2 Å². The van der Waals surface area contributed by atoms with E-state index < -0.39 is 0 Å². The van der Waals surface area contributed by atoms with Crippen molar-refractivity contribution in [3.8, 4) is 12.1 Å². The molecule has 0 fully saturated rings. The average molecular weight is 640 g/mol. The molecule has 0 aromatic carbocycles. The molecule has 0 unspecified atom stereocenters. The normalized spacial score (nSPS) is 11.7. The van der Waals surface area contributed by atoms with Crippen LogP contribution < -0.4 is 16.8 Å². The van der Waals surface area contributed by atoms with Crippen molar-refractivity contribution in [3.63, 3.8) is 0 Å². The molecule has 16 heteroatoms. The zero-order valence-electron chi connectivity index (χ0n) is 23.6. The minimum atomic E-state index is 0.129. The van der Waals surface area contributed by atoms with E-state index in [-0.39, 0.29) is 28.6 Å². The van der Waals surface area contributed by atoms with Crippen molar-refractivity contribution >= 4 is 70.0 Å². The summed E-state index contributed by atoms with van der Waals surface area (Å²) in [4.78, 5) is 22.5. The maximum Gasteiger partial charge on any atom is 0.178 e. The first-order chi connectivity index (χ1) is 20.6. The number of hydrogen-bond acceptors (Lipinski definition) is 12. The van der Waals surface area contributed by atoms with Crippen LogP contribution in [0.5, 0.6) is 0 Å². The van der Waals surface area contributed by atoms with E-state index in [4.69, 9.17) is 34.7 Å². The number of fused-ring (bicyclic) bond motifs is 2. The van der Waals surface area contributed by atoms with E-state index in [1.807, 2.05) is 30.5 Å². The highest BCUT2D eigenvalue weighted by atomic mass is 35.5. The Morgan fingerprint density at radius 2 is 1.77 bits per heavy atom. The molecular weight excluding hydrogens is 611 g/mol. The van der Waals surface area contributed by atoms with E-state index in [0.717, 1.165) is 12.7 Å². The quantitative estimate of drug-likeness (QED) is 0.0664. The topological polar surface area (TPSA) is 192 Å². The summed E-state index contributed by atoms with van der Waals surface area (Å²) in [7, 11) is 1.92. The van der Waals surface area contributed by atoms with Gasteiger partial charge in [-0.3, -0.25) is 4.79 Å². The van der Waals surface area contributed by atoms with Gasteiger partial charge in [-0.05, 0) is 50.3 Å². The number of carbonyl (C=O) groups is 1. The van der Waals surface area contributed by atoms with E-state index in [1.54, 1.807) is 19.1 Å². The van der Waals surface area contributed by atoms with Gasteiger partial charge in [-0.2, -0.15) is 29.8 Å². The number of nitriles is 2. The van der Waals surface area contributed by atoms with Gasteiger partial charge in [0, 0.05) is 20.1 Å². The average Bonchev–Trinajstić information content (AvgIpc) is 3.47. The number of carbonyl (C=O) groups excluding carboxylic acids is 1. The van der Waals surface area contributed by atoms with Gasteiger partial charge in [-0.1, -0.05) is 29.3 Å². The summed E-state index contributed by atoms with van der Waals surface area (Å²) in [5.74, 6) is 0.612. The minimum absolute atomic E-state index is 0.129. The highest BCUT2D eigenvalue weighted by Gasteiger charge is 2.20. The second-order valence-corrected chi connectivity index (χ2v) is 11.0. The first-order valence-electron chi connectivity index (χ1n) is 13.0. The lowest BCUT2D eigenvalue weighted by atomic mass is 10.2. The number of nitrogens with zero attached hydrogens (tertiary/aromatic N) is 9. The van der Waals surface area contributed by atoms with Gasteiger partial charge in [0.05, 0.1) is 11.4 Å². The third-order valence-corrected chi connectivity index (χ3v) is 8.04. The molecule has 4 aromatic rings. The number of nitrogen functional groups attached to an aromatic ring is 2. The minimum Gasteiger partial charge on any atom is -0.382 e. The largest absolute Gasteiger partial charge is 0.382 e. The number of aromatic nitrogens is 6. The summed E-state index contributed by atoms with van der Waals surface area (Å²) in [6, 6.07) is 4.12. The number of thioether (sulfide) groups is 1. The summed E-state index contributed by atoms with van der Waals surface area (Å²) >= 11 is 14.1. The molecule has 0 atom stereocenters. The van der Waals surface area contributed by atoms with Crippen molar-refractivity contribution in [2.24, 2.45) is 0 Å². The molecule has 0 saturated heterocycles. The zero-order valence-corrected chi connectivity index (χ0v) is 25.9. The van der Waals surface area contributed by atoms with E-state index in [9.17, 15) is 15.3 Å². The second-order valence-electron chi connectivity index (χ2n) is 9.42. The molecule has 0 spiro atoms. The number of anilines is 3. The fourth-order valence-corrected chi connectivity index (χ4v) is 5.20. The highest BCUT2D eigenvalue weighted by molar-refractivity contribution is 7.98. The lowest BCUT2D eigenvalue weighted by Gasteiger charge is -2.12. The molecule has 13 nitrogen and oxygen atoms in total. The van der Waals surface area contributed by atoms with Gasteiger partial charge in [-0.15, -0.1) is 11.8 Å². The fraction of sp³-hybridized carbons (Fsp3) is 0.296. The third kappa shape index (κ3) is 6.46. The van der Waals surface area contributed by atoms with Crippen LogP contribution in [-0.4, -0.2) is 66.8 Å². The zero-order chi connectivity index (χ0) is 31.3. The van der Waals surface area contributed by atoms with Crippen molar-refractivity contribution in [2.75, 3.05) is 43.2 Å². The lowest BCUT2D eigenvalue weighted by molar-refractivity contribution is -0.105. The SMILES string of the molecule is CSc1nc2c(Cl)c(CCCN(C)/C=C\C=C(/C=O)CCNc3nc4c(Cl)c(C)nn4c(N)c3C#N)nn2c(N)c1C#N. The first-order valence-corrected chi connectivity index (χ1v) is 14.9. The molecule has 0 aliphatic rings. The number of nitrogens with two attached hydrogens (primary N) is 2. The Morgan fingerprint density at radius 1 is 1.09 bits per heavy atom. The molecule has 5 N–H and O–H groups in total. The second kappa shape index (κ2) is 13.6. The number of aryl methyl sites for hydroxylation is 2. The van der Waals surface area contributed by atoms with Crippen LogP contribution in [0, 0.1) is 29.6 Å². The molecule has 4 heterocycles. The predicted molar refractivity (Wildman–Crippen MR) is 168 cm³/mol. The molecular formula is C27H28Cl2N12OS. The fourth-order valence-electron chi connectivity index (χ4n) is 4.26. The molecule has 0 radical (unpaired) electrons. The van der Waals surface area contributed by atoms with E-state index in [2.05, 4.69) is 31.6 Å². The van der Waals surface area contributed by atoms with Gasteiger partial charge < -0.3 is 21.7 Å². The molecule has 0 bridgehead atoms. The lowest BCUT2D eigenvalue weighted by Crippen LogP contribution is -2.13. The van der Waals surface area contributed by atoms with Crippen LogP contribution in [0.15, 0.2) is 29.0 Å². The molecule has 0 saturated carbocycles. The van der Waals surface area contributed by atoms with Crippen LogP contribution in [0.25, 0.3) is 11.3 Å². The third-order valence-electron chi connectivity index (χ3n) is 6.53. The molecule has 4 aromatic heterocycles. The predicted octanol–water partition coefficient (Wildman–Crippen LogP) is 4.02. The van der Waals surface area contributed by atoms with Crippen LogP contribution in [0.2, 0.25) is 10.0 Å². The van der Waals surface area contributed by atoms with Gasteiger partial charge in [0.15, 0.2) is 11.3 Å². The summed E-state index contributed by atoms with van der Waals surface area (Å²) in [6.45, 7) is 2.75.